The first-order valence-electron chi connectivity index (χ1n) is 14.5. The Morgan fingerprint density at radius 2 is 1.86 bits per heavy atom. The average molecular weight is 607 g/mol. The number of likely N-dealkylation sites (tertiary alicyclic amines) is 1. The molecule has 6 rings (SSSR count). The number of phenols is 1. The number of aromatic hydroxyl groups is 1. The van der Waals surface area contributed by atoms with Gasteiger partial charge in [-0.1, -0.05) is 48.4 Å². The second kappa shape index (κ2) is 10.6. The number of carbonyl (C=O) groups excluding carboxylic acids is 4. The first kappa shape index (κ1) is 29.1. The molecule has 2 aliphatic heterocycles. The van der Waals surface area contributed by atoms with Gasteiger partial charge in [0.2, 0.25) is 23.6 Å². The minimum absolute atomic E-state index is 0.0170. The third-order valence-corrected chi connectivity index (χ3v) is 10.0. The molecule has 4 amide bonds. The summed E-state index contributed by atoms with van der Waals surface area (Å²) in [6.45, 7) is 4.02. The van der Waals surface area contributed by atoms with E-state index in [0.717, 1.165) is 16.5 Å². The summed E-state index contributed by atoms with van der Waals surface area (Å²) in [7, 11) is 1.45. The van der Waals surface area contributed by atoms with E-state index in [1.807, 2.05) is 25.2 Å². The molecule has 3 fully saturated rings. The van der Waals surface area contributed by atoms with E-state index in [1.54, 1.807) is 19.1 Å². The molecule has 10 heteroatoms. The number of rotatable bonds is 6. The maximum Gasteiger partial charge on any atom is 0.241 e. The number of fused-ring (bicyclic) bond motifs is 4. The number of allylic oxidation sites excluding steroid dienone is 3. The molecule has 8 nitrogen and oxygen atoms in total. The van der Waals surface area contributed by atoms with Gasteiger partial charge in [-0.3, -0.25) is 24.1 Å². The summed E-state index contributed by atoms with van der Waals surface area (Å²) in [5.41, 5.74) is 0.520. The molecule has 0 spiro atoms. The predicted octanol–water partition coefficient (Wildman–Crippen LogP) is 5.38. The molecule has 0 aromatic heterocycles. The first-order valence-corrected chi connectivity index (χ1v) is 14.8. The maximum atomic E-state index is 14.3. The van der Waals surface area contributed by atoms with Crippen LogP contribution in [-0.2, 0) is 19.2 Å². The summed E-state index contributed by atoms with van der Waals surface area (Å²) >= 11 is 6.04. The van der Waals surface area contributed by atoms with Crippen molar-refractivity contribution in [2.75, 3.05) is 18.6 Å². The number of ether oxygens (including phenoxy) is 1. The number of anilines is 1. The van der Waals surface area contributed by atoms with Gasteiger partial charge < -0.3 is 9.84 Å². The van der Waals surface area contributed by atoms with Crippen LogP contribution < -0.4 is 9.64 Å². The Bertz CT molecular complexity index is 1620. The third kappa shape index (κ3) is 4.31. The second-order valence-corrected chi connectivity index (χ2v) is 12.3. The van der Waals surface area contributed by atoms with E-state index in [0.29, 0.717) is 24.9 Å². The normalized spacial score (nSPS) is 30.1. The molecular weight excluding hydrogens is 575 g/mol. The lowest BCUT2D eigenvalue weighted by Gasteiger charge is -2.47. The molecule has 4 aliphatic rings. The van der Waals surface area contributed by atoms with Gasteiger partial charge in [-0.2, -0.15) is 0 Å². The van der Waals surface area contributed by atoms with Gasteiger partial charge in [-0.05, 0) is 68.0 Å². The van der Waals surface area contributed by atoms with Crippen LogP contribution in [0.25, 0.3) is 6.08 Å². The highest BCUT2D eigenvalue weighted by atomic mass is 35.5. The van der Waals surface area contributed by atoms with Crippen molar-refractivity contribution in [1.29, 1.82) is 0 Å². The molecule has 2 aromatic rings. The van der Waals surface area contributed by atoms with Crippen LogP contribution in [0, 0.1) is 40.8 Å². The van der Waals surface area contributed by atoms with Crippen LogP contribution in [0.4, 0.5) is 10.1 Å². The van der Waals surface area contributed by atoms with Gasteiger partial charge in [-0.15, -0.1) is 0 Å². The van der Waals surface area contributed by atoms with Crippen LogP contribution in [0.15, 0.2) is 54.1 Å². The standard InChI is InChI=1S/C33H32ClFN2O6/c1-4-13-36-29(39)20-9-8-19-21(28(20)31(36)41)16-23-30(40)37(18-7-11-25(35)24(34)15-18)32(42)33(23,2)22(19)10-5-17-6-12-26(38)27(14-17)43-3/h5-8,10-12,14-15,20-23,28,38H,4,9,13,16H2,1-3H3/t20-,21+,22-,23-,28-,33-/m0/s1. The molecule has 0 radical (unpaired) electrons. The quantitative estimate of drug-likeness (QED) is 0.350. The van der Waals surface area contributed by atoms with Crippen molar-refractivity contribution in [2.24, 2.45) is 35.0 Å². The SMILES string of the molecule is CCCN1C(=O)[C@H]2[C@H](CC=C3[C@H]2C[C@H]2C(=O)N(c4ccc(F)c(Cl)c4)C(=O)[C@@]2(C)[C@H]3C=Cc2ccc(O)c(OC)c2)C1=O. The topological polar surface area (TPSA) is 104 Å². The Hall–Kier alpha value is -3.98. The lowest BCUT2D eigenvalue weighted by Crippen LogP contribution is -2.49. The molecule has 224 valence electrons. The Morgan fingerprint density at radius 3 is 2.56 bits per heavy atom. The van der Waals surface area contributed by atoms with Crippen molar-refractivity contribution in [1.82, 2.24) is 4.90 Å². The fourth-order valence-electron chi connectivity index (χ4n) is 7.60. The Kier molecular flexibility index (Phi) is 7.19. The number of hydrogen-bond acceptors (Lipinski definition) is 6. The van der Waals surface area contributed by atoms with Gasteiger partial charge in [0.15, 0.2) is 11.5 Å². The van der Waals surface area contributed by atoms with Gasteiger partial charge in [0.25, 0.3) is 0 Å². The molecular formula is C33H32ClFN2O6. The molecule has 0 unspecified atom stereocenters. The number of hydrogen-bond donors (Lipinski definition) is 1. The first-order chi connectivity index (χ1) is 20.5. The lowest BCUT2D eigenvalue weighted by molar-refractivity contribution is -0.140. The summed E-state index contributed by atoms with van der Waals surface area (Å²) < 4.78 is 19.3. The Balaban J connectivity index is 1.47. The van der Waals surface area contributed by atoms with E-state index in [4.69, 9.17) is 16.3 Å². The molecule has 1 N–H and O–H groups in total. The number of halogens is 2. The monoisotopic (exact) mass is 606 g/mol. The number of amides is 4. The minimum atomic E-state index is -1.22. The number of carbonyl (C=O) groups is 4. The van der Waals surface area contributed by atoms with Crippen LogP contribution >= 0.6 is 11.6 Å². The zero-order valence-corrected chi connectivity index (χ0v) is 24.8. The van der Waals surface area contributed by atoms with Crippen molar-refractivity contribution in [3.05, 3.63) is 70.5 Å². The van der Waals surface area contributed by atoms with E-state index in [9.17, 15) is 28.7 Å². The molecule has 43 heavy (non-hydrogen) atoms. The highest BCUT2D eigenvalue weighted by Crippen LogP contribution is 2.61. The summed E-state index contributed by atoms with van der Waals surface area (Å²) in [6, 6.07) is 8.62. The van der Waals surface area contributed by atoms with Crippen LogP contribution in [0.2, 0.25) is 5.02 Å². The second-order valence-electron chi connectivity index (χ2n) is 11.9. The zero-order chi connectivity index (χ0) is 30.8. The third-order valence-electron chi connectivity index (χ3n) is 9.73. The van der Waals surface area contributed by atoms with Gasteiger partial charge in [0, 0.05) is 12.5 Å². The van der Waals surface area contributed by atoms with E-state index >= 15 is 0 Å². The molecule has 6 atom stereocenters. The predicted molar refractivity (Wildman–Crippen MR) is 157 cm³/mol. The van der Waals surface area contributed by atoms with Crippen molar-refractivity contribution in [2.45, 2.75) is 33.1 Å². The van der Waals surface area contributed by atoms with Crippen LogP contribution in [0.5, 0.6) is 11.5 Å². The number of methoxy groups -OCH3 is 1. The number of benzene rings is 2. The summed E-state index contributed by atoms with van der Waals surface area (Å²) in [5, 5.41) is 9.85. The molecule has 2 heterocycles. The van der Waals surface area contributed by atoms with Crippen molar-refractivity contribution in [3.63, 3.8) is 0 Å². The van der Waals surface area contributed by atoms with Crippen molar-refractivity contribution >= 4 is 47.0 Å². The number of nitrogens with zero attached hydrogens (tertiary/aromatic N) is 2. The summed E-state index contributed by atoms with van der Waals surface area (Å²) in [5.74, 6) is -4.58. The van der Waals surface area contributed by atoms with Gasteiger partial charge in [-0.25, -0.2) is 9.29 Å². The van der Waals surface area contributed by atoms with Gasteiger partial charge >= 0.3 is 0 Å². The van der Waals surface area contributed by atoms with Gasteiger partial charge in [0.05, 0.1) is 41.0 Å². The fourth-order valence-corrected chi connectivity index (χ4v) is 7.78. The van der Waals surface area contributed by atoms with E-state index in [1.165, 1.54) is 30.2 Å². The molecule has 0 bridgehead atoms. The molecule has 2 aliphatic carbocycles. The number of phenolic OH excluding ortho intramolecular Hbond substituents is 1. The highest BCUT2D eigenvalue weighted by molar-refractivity contribution is 6.31. The zero-order valence-electron chi connectivity index (χ0n) is 24.1. The number of imide groups is 2. The highest BCUT2D eigenvalue weighted by Gasteiger charge is 2.66. The average Bonchev–Trinajstić information content (AvgIpc) is 3.34. The minimum Gasteiger partial charge on any atom is -0.504 e. The summed E-state index contributed by atoms with van der Waals surface area (Å²) in [4.78, 5) is 57.8. The van der Waals surface area contributed by atoms with Crippen molar-refractivity contribution in [3.8, 4) is 11.5 Å². The maximum absolute atomic E-state index is 14.3. The smallest absolute Gasteiger partial charge is 0.241 e. The van der Waals surface area contributed by atoms with Gasteiger partial charge in [0.1, 0.15) is 5.82 Å². The lowest BCUT2D eigenvalue weighted by atomic mass is 9.52. The molecule has 2 saturated heterocycles. The van der Waals surface area contributed by atoms with E-state index < -0.39 is 52.6 Å². The van der Waals surface area contributed by atoms with E-state index in [2.05, 4.69) is 0 Å². The van der Waals surface area contributed by atoms with Crippen LogP contribution in [0.1, 0.15) is 38.7 Å². The largest absolute Gasteiger partial charge is 0.504 e. The van der Waals surface area contributed by atoms with Crippen LogP contribution in [-0.4, -0.2) is 47.3 Å². The summed E-state index contributed by atoms with van der Waals surface area (Å²) in [6.07, 6.45) is 6.91. The Labute approximate surface area is 253 Å². The van der Waals surface area contributed by atoms with Crippen molar-refractivity contribution < 1.29 is 33.4 Å². The van der Waals surface area contributed by atoms with E-state index in [-0.39, 0.29) is 40.4 Å². The molecule has 2 aromatic carbocycles. The molecule has 1 saturated carbocycles. The fraction of sp³-hybridized carbons (Fsp3) is 0.394. The van der Waals surface area contributed by atoms with Crippen LogP contribution in [0.3, 0.4) is 0 Å². The Morgan fingerprint density at radius 1 is 1.09 bits per heavy atom.